The molecule has 0 aliphatic heterocycles. The van der Waals surface area contributed by atoms with Crippen LogP contribution in [-0.2, 0) is 13.1 Å². The van der Waals surface area contributed by atoms with E-state index in [1.165, 1.54) is 0 Å². The van der Waals surface area contributed by atoms with E-state index in [0.29, 0.717) is 18.7 Å². The number of nitrogens with zero attached hydrogens (tertiary/aromatic N) is 1. The molecular weight excluding hydrogens is 322 g/mol. The normalized spacial score (nSPS) is 10.5. The number of amides is 3. The van der Waals surface area contributed by atoms with Crippen molar-refractivity contribution in [2.75, 3.05) is 7.05 Å². The third-order valence-electron chi connectivity index (χ3n) is 3.39. The fourth-order valence-electron chi connectivity index (χ4n) is 2.19. The van der Waals surface area contributed by atoms with Crippen molar-refractivity contribution < 1.29 is 9.59 Å². The van der Waals surface area contributed by atoms with Gasteiger partial charge < -0.3 is 15.5 Å². The van der Waals surface area contributed by atoms with Gasteiger partial charge in [-0.3, -0.25) is 4.79 Å². The van der Waals surface area contributed by atoms with E-state index in [1.54, 1.807) is 35.4 Å². The molecule has 0 bridgehead atoms. The van der Waals surface area contributed by atoms with Crippen molar-refractivity contribution in [3.8, 4) is 0 Å². The molecule has 0 atom stereocenters. The summed E-state index contributed by atoms with van der Waals surface area (Å²) in [6, 6.07) is 11.2. The summed E-state index contributed by atoms with van der Waals surface area (Å²) in [7, 11) is 1.80. The zero-order valence-corrected chi connectivity index (χ0v) is 15.0. The molecule has 0 fully saturated rings. The Labute approximate surface area is 146 Å². The summed E-state index contributed by atoms with van der Waals surface area (Å²) in [5, 5.41) is 7.56. The fourth-order valence-corrected chi connectivity index (χ4v) is 2.95. The summed E-state index contributed by atoms with van der Waals surface area (Å²) < 4.78 is 0. The average Bonchev–Trinajstić information content (AvgIpc) is 3.05. The van der Waals surface area contributed by atoms with Crippen LogP contribution in [0.3, 0.4) is 0 Å². The van der Waals surface area contributed by atoms with E-state index in [0.717, 1.165) is 10.4 Å². The molecule has 2 rings (SSSR count). The largest absolute Gasteiger partial charge is 0.337 e. The summed E-state index contributed by atoms with van der Waals surface area (Å²) in [6.45, 7) is 4.85. The van der Waals surface area contributed by atoms with Crippen LogP contribution in [-0.4, -0.2) is 29.9 Å². The highest BCUT2D eigenvalue weighted by Crippen LogP contribution is 2.13. The highest BCUT2D eigenvalue weighted by molar-refractivity contribution is 7.09. The SMILES string of the molecule is CC(C)NC(=O)NCc1ccc(C(=O)N(C)Cc2cccs2)cc1. The van der Waals surface area contributed by atoms with Gasteiger partial charge in [0.25, 0.3) is 5.91 Å². The molecule has 0 saturated carbocycles. The first kappa shape index (κ1) is 18.0. The maximum absolute atomic E-state index is 12.4. The summed E-state index contributed by atoms with van der Waals surface area (Å²) >= 11 is 1.64. The van der Waals surface area contributed by atoms with E-state index in [2.05, 4.69) is 10.6 Å². The van der Waals surface area contributed by atoms with E-state index in [4.69, 9.17) is 0 Å². The third kappa shape index (κ3) is 5.38. The highest BCUT2D eigenvalue weighted by atomic mass is 32.1. The summed E-state index contributed by atoms with van der Waals surface area (Å²) in [5.41, 5.74) is 1.59. The van der Waals surface area contributed by atoms with Gasteiger partial charge in [-0.2, -0.15) is 0 Å². The maximum atomic E-state index is 12.4. The minimum absolute atomic E-state index is 0.0135. The van der Waals surface area contributed by atoms with Crippen LogP contribution in [0.1, 0.15) is 34.6 Å². The first-order valence-electron chi connectivity index (χ1n) is 7.87. The van der Waals surface area contributed by atoms with Crippen LogP contribution in [0.5, 0.6) is 0 Å². The van der Waals surface area contributed by atoms with E-state index in [1.807, 2.05) is 43.5 Å². The van der Waals surface area contributed by atoms with Crippen LogP contribution in [0.15, 0.2) is 41.8 Å². The van der Waals surface area contributed by atoms with Crippen molar-refractivity contribution in [1.82, 2.24) is 15.5 Å². The molecule has 24 heavy (non-hydrogen) atoms. The molecule has 6 heteroatoms. The molecule has 1 heterocycles. The van der Waals surface area contributed by atoms with Gasteiger partial charge in [-0.05, 0) is 43.0 Å². The predicted octanol–water partition coefficient (Wildman–Crippen LogP) is 3.23. The molecule has 0 saturated heterocycles. The smallest absolute Gasteiger partial charge is 0.315 e. The lowest BCUT2D eigenvalue weighted by Crippen LogP contribution is -2.39. The third-order valence-corrected chi connectivity index (χ3v) is 4.25. The second kappa shape index (κ2) is 8.49. The number of nitrogens with one attached hydrogen (secondary N) is 2. The van der Waals surface area contributed by atoms with Crippen molar-refractivity contribution in [2.24, 2.45) is 0 Å². The average molecular weight is 345 g/mol. The monoisotopic (exact) mass is 345 g/mol. The number of hydrogen-bond acceptors (Lipinski definition) is 3. The summed E-state index contributed by atoms with van der Waals surface area (Å²) in [6.07, 6.45) is 0. The van der Waals surface area contributed by atoms with Crippen LogP contribution in [0.25, 0.3) is 0 Å². The van der Waals surface area contributed by atoms with Gasteiger partial charge >= 0.3 is 6.03 Å². The van der Waals surface area contributed by atoms with Crippen molar-refractivity contribution in [3.63, 3.8) is 0 Å². The van der Waals surface area contributed by atoms with E-state index >= 15 is 0 Å². The predicted molar refractivity (Wildman–Crippen MR) is 97.1 cm³/mol. The molecule has 0 radical (unpaired) electrons. The number of carbonyl (C=O) groups is 2. The number of hydrogen-bond donors (Lipinski definition) is 2. The summed E-state index contributed by atoms with van der Waals surface area (Å²) in [4.78, 5) is 26.8. The standard InChI is InChI=1S/C18H23N3O2S/c1-13(2)20-18(23)19-11-14-6-8-15(9-7-14)17(22)21(3)12-16-5-4-10-24-16/h4-10,13H,11-12H2,1-3H3,(H2,19,20,23). The van der Waals surface area contributed by atoms with E-state index in [-0.39, 0.29) is 18.0 Å². The molecular formula is C18H23N3O2S. The fraction of sp³-hybridized carbons (Fsp3) is 0.333. The van der Waals surface area contributed by atoms with Gasteiger partial charge in [0.05, 0.1) is 6.54 Å². The van der Waals surface area contributed by atoms with Gasteiger partial charge in [-0.25, -0.2) is 4.79 Å². The molecule has 2 N–H and O–H groups in total. The maximum Gasteiger partial charge on any atom is 0.315 e. The number of urea groups is 1. The quantitative estimate of drug-likeness (QED) is 0.844. The van der Waals surface area contributed by atoms with Crippen molar-refractivity contribution in [3.05, 3.63) is 57.8 Å². The highest BCUT2D eigenvalue weighted by Gasteiger charge is 2.12. The number of rotatable bonds is 6. The molecule has 0 unspecified atom stereocenters. The minimum atomic E-state index is -0.194. The number of thiophene rings is 1. The van der Waals surface area contributed by atoms with Crippen LogP contribution >= 0.6 is 11.3 Å². The molecule has 1 aromatic heterocycles. The molecule has 2 aromatic rings. The zero-order chi connectivity index (χ0) is 17.5. The van der Waals surface area contributed by atoms with Gasteiger partial charge in [0.2, 0.25) is 0 Å². The lowest BCUT2D eigenvalue weighted by atomic mass is 10.1. The van der Waals surface area contributed by atoms with Crippen LogP contribution in [0.4, 0.5) is 4.79 Å². The molecule has 0 aliphatic rings. The Morgan fingerprint density at radius 1 is 1.17 bits per heavy atom. The molecule has 3 amide bonds. The summed E-state index contributed by atoms with van der Waals surface area (Å²) in [5.74, 6) is -0.0135. The van der Waals surface area contributed by atoms with Crippen molar-refractivity contribution in [1.29, 1.82) is 0 Å². The van der Waals surface area contributed by atoms with Gasteiger partial charge in [0.1, 0.15) is 0 Å². The second-order valence-electron chi connectivity index (χ2n) is 5.92. The number of carbonyl (C=O) groups excluding carboxylic acids is 2. The number of benzene rings is 1. The van der Waals surface area contributed by atoms with Crippen LogP contribution in [0.2, 0.25) is 0 Å². The van der Waals surface area contributed by atoms with Gasteiger partial charge in [-0.15, -0.1) is 11.3 Å². The van der Waals surface area contributed by atoms with Gasteiger partial charge in [0, 0.05) is 30.1 Å². The van der Waals surface area contributed by atoms with Crippen LogP contribution < -0.4 is 10.6 Å². The van der Waals surface area contributed by atoms with Crippen molar-refractivity contribution >= 4 is 23.3 Å². The van der Waals surface area contributed by atoms with Crippen molar-refractivity contribution in [2.45, 2.75) is 33.0 Å². The lowest BCUT2D eigenvalue weighted by Gasteiger charge is -2.16. The molecule has 0 aliphatic carbocycles. The Morgan fingerprint density at radius 3 is 2.46 bits per heavy atom. The first-order chi connectivity index (χ1) is 11.5. The second-order valence-corrected chi connectivity index (χ2v) is 6.95. The molecule has 5 nitrogen and oxygen atoms in total. The molecule has 0 spiro atoms. The first-order valence-corrected chi connectivity index (χ1v) is 8.75. The minimum Gasteiger partial charge on any atom is -0.337 e. The van der Waals surface area contributed by atoms with E-state index < -0.39 is 0 Å². The zero-order valence-electron chi connectivity index (χ0n) is 14.2. The van der Waals surface area contributed by atoms with Gasteiger partial charge in [-0.1, -0.05) is 18.2 Å². The topological polar surface area (TPSA) is 61.4 Å². The van der Waals surface area contributed by atoms with Gasteiger partial charge in [0.15, 0.2) is 0 Å². The van der Waals surface area contributed by atoms with Crippen LogP contribution in [0, 0.1) is 0 Å². The Bertz CT molecular complexity index is 666. The lowest BCUT2D eigenvalue weighted by molar-refractivity contribution is 0.0786. The molecule has 128 valence electrons. The Balaban J connectivity index is 1.88. The van der Waals surface area contributed by atoms with E-state index in [9.17, 15) is 9.59 Å². The Kier molecular flexibility index (Phi) is 6.37. The Hall–Kier alpha value is -2.34. The molecule has 1 aromatic carbocycles. The Morgan fingerprint density at radius 2 is 1.88 bits per heavy atom.